The van der Waals surface area contributed by atoms with Crippen molar-refractivity contribution in [2.45, 2.75) is 25.8 Å². The van der Waals surface area contributed by atoms with E-state index >= 15 is 0 Å². The summed E-state index contributed by atoms with van der Waals surface area (Å²) < 4.78 is 2.23. The zero-order valence-corrected chi connectivity index (χ0v) is 9.06. The molecule has 0 spiro atoms. The van der Waals surface area contributed by atoms with Gasteiger partial charge in [0, 0.05) is 30.6 Å². The zero-order valence-electron chi connectivity index (χ0n) is 8.17. The summed E-state index contributed by atoms with van der Waals surface area (Å²) in [5.74, 6) is 0. The van der Waals surface area contributed by atoms with Crippen LogP contribution in [0, 0.1) is 5.41 Å². The topological polar surface area (TPSA) is 6.48 Å². The summed E-state index contributed by atoms with van der Waals surface area (Å²) in [4.78, 5) is 2.42. The second kappa shape index (κ2) is 2.40. The SMILES string of the molecule is CN1C[C@@]2(C)CCN(S)[C@@]2(C)C1. The molecule has 2 atom stereocenters. The van der Waals surface area contributed by atoms with Gasteiger partial charge in [-0.2, -0.15) is 0 Å². The molecule has 0 aromatic heterocycles. The van der Waals surface area contributed by atoms with Gasteiger partial charge in [-0.25, -0.2) is 4.31 Å². The maximum atomic E-state index is 4.55. The molecule has 0 unspecified atom stereocenters. The highest BCUT2D eigenvalue weighted by Crippen LogP contribution is 2.50. The molecule has 0 aliphatic carbocycles. The summed E-state index contributed by atoms with van der Waals surface area (Å²) in [6.45, 7) is 8.26. The molecule has 0 amide bonds. The Balaban J connectivity index is 2.32. The van der Waals surface area contributed by atoms with Gasteiger partial charge >= 0.3 is 0 Å². The van der Waals surface area contributed by atoms with Crippen LogP contribution in [0.2, 0.25) is 0 Å². The molecule has 2 heterocycles. The predicted molar refractivity (Wildman–Crippen MR) is 54.3 cm³/mol. The molecule has 0 aromatic carbocycles. The first-order valence-corrected chi connectivity index (χ1v) is 5.03. The molecular formula is C9H18N2S. The molecule has 2 aliphatic rings. The molecular weight excluding hydrogens is 168 g/mol. The normalized spacial score (nSPS) is 50.0. The van der Waals surface area contributed by atoms with Crippen LogP contribution in [0.5, 0.6) is 0 Å². The van der Waals surface area contributed by atoms with Crippen LogP contribution < -0.4 is 0 Å². The van der Waals surface area contributed by atoms with E-state index in [2.05, 4.69) is 42.9 Å². The number of fused-ring (bicyclic) bond motifs is 1. The molecule has 0 radical (unpaired) electrons. The van der Waals surface area contributed by atoms with E-state index in [0.29, 0.717) is 11.0 Å². The Morgan fingerprint density at radius 3 is 2.50 bits per heavy atom. The molecule has 70 valence electrons. The molecule has 12 heavy (non-hydrogen) atoms. The van der Waals surface area contributed by atoms with Crippen molar-refractivity contribution >= 4 is 12.8 Å². The fourth-order valence-corrected chi connectivity index (χ4v) is 3.28. The van der Waals surface area contributed by atoms with Crippen LogP contribution in [-0.4, -0.2) is 41.4 Å². The lowest BCUT2D eigenvalue weighted by molar-refractivity contribution is 0.193. The highest BCUT2D eigenvalue weighted by molar-refractivity contribution is 7.77. The number of likely N-dealkylation sites (N-methyl/N-ethyl adjacent to an activating group) is 1. The molecule has 3 heteroatoms. The maximum absolute atomic E-state index is 4.55. The summed E-state index contributed by atoms with van der Waals surface area (Å²) in [5.41, 5.74) is 0.758. The largest absolute Gasteiger partial charge is 0.304 e. The molecule has 2 aliphatic heterocycles. The summed E-state index contributed by atoms with van der Waals surface area (Å²) in [5, 5.41) is 0. The average molecular weight is 186 g/mol. The molecule has 2 saturated heterocycles. The van der Waals surface area contributed by atoms with Gasteiger partial charge in [0.25, 0.3) is 0 Å². The third-order valence-corrected chi connectivity index (χ3v) is 4.58. The fourth-order valence-electron chi connectivity index (χ4n) is 2.88. The Hall–Kier alpha value is 0.270. The van der Waals surface area contributed by atoms with E-state index in [0.717, 1.165) is 13.1 Å². The standard InChI is InChI=1S/C9H18N2S/c1-8-4-5-11(12)9(8,2)7-10(3)6-8/h12H,4-7H2,1-3H3/t8-,9+/m1/s1. The number of hydrogen-bond acceptors (Lipinski definition) is 3. The van der Waals surface area contributed by atoms with Crippen LogP contribution in [-0.2, 0) is 0 Å². The number of rotatable bonds is 0. The van der Waals surface area contributed by atoms with Crippen molar-refractivity contribution in [3.8, 4) is 0 Å². The second-order valence-corrected chi connectivity index (χ2v) is 5.36. The van der Waals surface area contributed by atoms with Crippen molar-refractivity contribution in [1.82, 2.24) is 9.21 Å². The molecule has 0 bridgehead atoms. The van der Waals surface area contributed by atoms with Gasteiger partial charge in [0.05, 0.1) is 0 Å². The lowest BCUT2D eigenvalue weighted by Crippen LogP contribution is -2.46. The molecule has 2 rings (SSSR count). The number of thiol groups is 1. The highest BCUT2D eigenvalue weighted by atomic mass is 32.1. The molecule has 0 saturated carbocycles. The first-order chi connectivity index (χ1) is 5.48. The van der Waals surface area contributed by atoms with Gasteiger partial charge in [0.1, 0.15) is 0 Å². The minimum Gasteiger partial charge on any atom is -0.304 e. The van der Waals surface area contributed by atoms with Gasteiger partial charge in [-0.15, -0.1) is 0 Å². The van der Waals surface area contributed by atoms with Crippen molar-refractivity contribution in [1.29, 1.82) is 0 Å². The van der Waals surface area contributed by atoms with E-state index in [9.17, 15) is 0 Å². The van der Waals surface area contributed by atoms with Crippen molar-refractivity contribution in [2.24, 2.45) is 5.41 Å². The van der Waals surface area contributed by atoms with Gasteiger partial charge < -0.3 is 4.90 Å². The Morgan fingerprint density at radius 1 is 1.25 bits per heavy atom. The van der Waals surface area contributed by atoms with E-state index in [4.69, 9.17) is 0 Å². The van der Waals surface area contributed by atoms with Crippen molar-refractivity contribution in [2.75, 3.05) is 26.7 Å². The van der Waals surface area contributed by atoms with Crippen LogP contribution in [0.25, 0.3) is 0 Å². The molecule has 2 nitrogen and oxygen atoms in total. The van der Waals surface area contributed by atoms with Crippen molar-refractivity contribution in [3.05, 3.63) is 0 Å². The first kappa shape index (κ1) is 8.85. The molecule has 0 aromatic rings. The minimum absolute atomic E-state index is 0.296. The molecule has 2 fully saturated rings. The Labute approximate surface area is 80.5 Å². The smallest absolute Gasteiger partial charge is 0.0475 e. The van der Waals surface area contributed by atoms with Gasteiger partial charge in [-0.3, -0.25) is 0 Å². The maximum Gasteiger partial charge on any atom is 0.0475 e. The van der Waals surface area contributed by atoms with E-state index in [-0.39, 0.29) is 0 Å². The summed E-state index contributed by atoms with van der Waals surface area (Å²) >= 11 is 4.55. The van der Waals surface area contributed by atoms with E-state index in [1.165, 1.54) is 13.0 Å². The van der Waals surface area contributed by atoms with Gasteiger partial charge in [-0.1, -0.05) is 19.7 Å². The second-order valence-electron chi connectivity index (χ2n) is 4.88. The first-order valence-electron chi connectivity index (χ1n) is 4.63. The Morgan fingerprint density at radius 2 is 1.92 bits per heavy atom. The summed E-state index contributed by atoms with van der Waals surface area (Å²) in [6.07, 6.45) is 1.29. The third-order valence-electron chi connectivity index (χ3n) is 3.94. The van der Waals surface area contributed by atoms with E-state index < -0.39 is 0 Å². The number of likely N-dealkylation sites (tertiary alicyclic amines) is 1. The van der Waals surface area contributed by atoms with Gasteiger partial charge in [0.15, 0.2) is 0 Å². The lowest BCUT2D eigenvalue weighted by Gasteiger charge is -2.36. The Kier molecular flexibility index (Phi) is 1.77. The molecule has 0 N–H and O–H groups in total. The van der Waals surface area contributed by atoms with Crippen LogP contribution in [0.15, 0.2) is 0 Å². The van der Waals surface area contributed by atoms with E-state index in [1.807, 2.05) is 0 Å². The average Bonchev–Trinajstić information content (AvgIpc) is 2.28. The van der Waals surface area contributed by atoms with Crippen LogP contribution in [0.3, 0.4) is 0 Å². The summed E-state index contributed by atoms with van der Waals surface area (Å²) in [6, 6.07) is 0. The number of nitrogens with zero attached hydrogens (tertiary/aromatic N) is 2. The quantitative estimate of drug-likeness (QED) is 0.569. The summed E-state index contributed by atoms with van der Waals surface area (Å²) in [7, 11) is 2.20. The van der Waals surface area contributed by atoms with Crippen LogP contribution in [0.1, 0.15) is 20.3 Å². The van der Waals surface area contributed by atoms with Crippen LogP contribution >= 0.6 is 12.8 Å². The highest BCUT2D eigenvalue weighted by Gasteiger charge is 2.57. The monoisotopic (exact) mass is 186 g/mol. The van der Waals surface area contributed by atoms with Gasteiger partial charge in [0.2, 0.25) is 0 Å². The van der Waals surface area contributed by atoms with Crippen molar-refractivity contribution in [3.63, 3.8) is 0 Å². The fraction of sp³-hybridized carbons (Fsp3) is 1.00. The van der Waals surface area contributed by atoms with Crippen molar-refractivity contribution < 1.29 is 0 Å². The third kappa shape index (κ3) is 0.903. The zero-order chi connectivity index (χ0) is 8.98. The van der Waals surface area contributed by atoms with E-state index in [1.54, 1.807) is 0 Å². The lowest BCUT2D eigenvalue weighted by atomic mass is 9.76. The number of hydrogen-bond donors (Lipinski definition) is 1. The van der Waals surface area contributed by atoms with Gasteiger partial charge in [-0.05, 0) is 20.4 Å². The minimum atomic E-state index is 0.296. The Bertz CT molecular complexity index is 209. The predicted octanol–water partition coefficient (Wildman–Crippen LogP) is 1.25. The van der Waals surface area contributed by atoms with Crippen LogP contribution in [0.4, 0.5) is 0 Å².